The first-order valence-corrected chi connectivity index (χ1v) is 9.14. The van der Waals surface area contributed by atoms with Crippen LogP contribution in [0, 0.1) is 13.8 Å². The number of sulfonamides is 1. The van der Waals surface area contributed by atoms with E-state index in [9.17, 15) is 8.42 Å². The molecule has 0 aromatic heterocycles. The van der Waals surface area contributed by atoms with Crippen LogP contribution in [0.25, 0.3) is 0 Å². The van der Waals surface area contributed by atoms with Crippen LogP contribution >= 0.6 is 0 Å². The lowest BCUT2D eigenvalue weighted by molar-refractivity contribution is 0.340. The summed E-state index contributed by atoms with van der Waals surface area (Å²) in [6.45, 7) is 8.34. The van der Waals surface area contributed by atoms with E-state index in [1.54, 1.807) is 24.3 Å². The Bertz CT molecular complexity index is 767. The Kier molecular flexibility index (Phi) is 5.44. The standard InChI is InChI=1S/C18H23NO3S/c1-5-22-17-8-10-18(11-9-17)23(20,21)19-15(4)16-7-6-13(2)14(3)12-16/h6-12,15,19H,5H2,1-4H3/t15-/m1/s1. The molecule has 0 amide bonds. The van der Waals surface area contributed by atoms with E-state index in [1.807, 2.05) is 45.9 Å². The van der Waals surface area contributed by atoms with Gasteiger partial charge in [-0.25, -0.2) is 13.1 Å². The molecule has 1 N–H and O–H groups in total. The average Bonchev–Trinajstić information content (AvgIpc) is 2.50. The Hall–Kier alpha value is -1.85. The zero-order chi connectivity index (χ0) is 17.0. The fourth-order valence-electron chi connectivity index (χ4n) is 2.28. The molecule has 2 aromatic carbocycles. The molecule has 0 saturated heterocycles. The number of hydrogen-bond acceptors (Lipinski definition) is 3. The van der Waals surface area contributed by atoms with Gasteiger partial charge in [-0.15, -0.1) is 0 Å². The third kappa shape index (κ3) is 4.33. The van der Waals surface area contributed by atoms with Crippen LogP contribution in [0.15, 0.2) is 47.4 Å². The molecule has 0 heterocycles. The molecule has 4 nitrogen and oxygen atoms in total. The molecule has 0 radical (unpaired) electrons. The molecule has 0 aliphatic heterocycles. The van der Waals surface area contributed by atoms with Gasteiger partial charge in [0.05, 0.1) is 11.5 Å². The molecule has 0 aliphatic rings. The zero-order valence-corrected chi connectivity index (χ0v) is 14.8. The van der Waals surface area contributed by atoms with E-state index in [2.05, 4.69) is 4.72 Å². The number of rotatable bonds is 6. The molecule has 0 spiro atoms. The maximum absolute atomic E-state index is 12.5. The smallest absolute Gasteiger partial charge is 0.241 e. The molecule has 124 valence electrons. The van der Waals surface area contributed by atoms with E-state index in [1.165, 1.54) is 5.56 Å². The predicted octanol–water partition coefficient (Wildman–Crippen LogP) is 3.74. The van der Waals surface area contributed by atoms with Crippen LogP contribution in [0.2, 0.25) is 0 Å². The van der Waals surface area contributed by atoms with Crippen LogP contribution < -0.4 is 9.46 Å². The number of benzene rings is 2. The van der Waals surface area contributed by atoms with Crippen molar-refractivity contribution < 1.29 is 13.2 Å². The summed E-state index contributed by atoms with van der Waals surface area (Å²) in [6.07, 6.45) is 0. The second-order valence-corrected chi connectivity index (χ2v) is 7.31. The van der Waals surface area contributed by atoms with Gasteiger partial charge in [-0.3, -0.25) is 0 Å². The number of nitrogens with one attached hydrogen (secondary N) is 1. The number of ether oxygens (including phenoxy) is 1. The summed E-state index contributed by atoms with van der Waals surface area (Å²) in [7, 11) is -3.57. The molecule has 0 saturated carbocycles. The van der Waals surface area contributed by atoms with Crippen molar-refractivity contribution in [2.75, 3.05) is 6.61 Å². The molecule has 2 rings (SSSR count). The van der Waals surface area contributed by atoms with Gasteiger partial charge in [-0.2, -0.15) is 0 Å². The van der Waals surface area contributed by atoms with E-state index in [-0.39, 0.29) is 10.9 Å². The Morgan fingerprint density at radius 3 is 2.26 bits per heavy atom. The van der Waals surface area contributed by atoms with Gasteiger partial charge >= 0.3 is 0 Å². The van der Waals surface area contributed by atoms with Gasteiger partial charge in [-0.05, 0) is 68.7 Å². The summed E-state index contributed by atoms with van der Waals surface area (Å²) in [5, 5.41) is 0. The highest BCUT2D eigenvalue weighted by atomic mass is 32.2. The van der Waals surface area contributed by atoms with Crippen LogP contribution in [-0.2, 0) is 10.0 Å². The minimum absolute atomic E-state index is 0.233. The van der Waals surface area contributed by atoms with Crippen molar-refractivity contribution in [1.82, 2.24) is 4.72 Å². The molecule has 1 atom stereocenters. The molecule has 0 aliphatic carbocycles. The summed E-state index contributed by atoms with van der Waals surface area (Å²) < 4.78 is 33.0. The van der Waals surface area contributed by atoms with Crippen LogP contribution in [0.4, 0.5) is 0 Å². The van der Waals surface area contributed by atoms with Gasteiger partial charge in [0.15, 0.2) is 0 Å². The zero-order valence-electron chi connectivity index (χ0n) is 14.0. The van der Waals surface area contributed by atoms with Crippen molar-refractivity contribution in [2.45, 2.75) is 38.6 Å². The van der Waals surface area contributed by atoms with Crippen LogP contribution in [0.3, 0.4) is 0 Å². The highest BCUT2D eigenvalue weighted by molar-refractivity contribution is 7.89. The van der Waals surface area contributed by atoms with Crippen LogP contribution in [-0.4, -0.2) is 15.0 Å². The first-order chi connectivity index (χ1) is 10.8. The monoisotopic (exact) mass is 333 g/mol. The normalized spacial score (nSPS) is 12.9. The van der Waals surface area contributed by atoms with Crippen molar-refractivity contribution in [3.8, 4) is 5.75 Å². The molecule has 0 fully saturated rings. The lowest BCUT2D eigenvalue weighted by atomic mass is 10.0. The Labute approximate surface area is 138 Å². The molecule has 5 heteroatoms. The van der Waals surface area contributed by atoms with Gasteiger partial charge in [0, 0.05) is 6.04 Å². The van der Waals surface area contributed by atoms with E-state index in [0.29, 0.717) is 12.4 Å². The maximum Gasteiger partial charge on any atom is 0.241 e. The van der Waals surface area contributed by atoms with Crippen LogP contribution in [0.5, 0.6) is 5.75 Å². The fourth-order valence-corrected chi connectivity index (χ4v) is 3.52. The highest BCUT2D eigenvalue weighted by Crippen LogP contribution is 2.21. The molecule has 0 unspecified atom stereocenters. The molecule has 2 aromatic rings. The summed E-state index contributed by atoms with van der Waals surface area (Å²) >= 11 is 0. The third-order valence-corrected chi connectivity index (χ3v) is 5.36. The van der Waals surface area contributed by atoms with Gasteiger partial charge < -0.3 is 4.74 Å². The van der Waals surface area contributed by atoms with Gasteiger partial charge in [0.2, 0.25) is 10.0 Å². The van der Waals surface area contributed by atoms with Crippen molar-refractivity contribution in [3.05, 3.63) is 59.2 Å². The van der Waals surface area contributed by atoms with Crippen molar-refractivity contribution >= 4 is 10.0 Å². The van der Waals surface area contributed by atoms with E-state index in [0.717, 1.165) is 11.1 Å². The van der Waals surface area contributed by atoms with E-state index >= 15 is 0 Å². The van der Waals surface area contributed by atoms with Crippen molar-refractivity contribution in [2.24, 2.45) is 0 Å². The van der Waals surface area contributed by atoms with Gasteiger partial charge in [0.25, 0.3) is 0 Å². The minimum Gasteiger partial charge on any atom is -0.494 e. The quantitative estimate of drug-likeness (QED) is 0.876. The second-order valence-electron chi connectivity index (χ2n) is 5.59. The molecule has 23 heavy (non-hydrogen) atoms. The van der Waals surface area contributed by atoms with E-state index < -0.39 is 10.0 Å². The lowest BCUT2D eigenvalue weighted by Crippen LogP contribution is -2.27. The largest absolute Gasteiger partial charge is 0.494 e. The van der Waals surface area contributed by atoms with Crippen LogP contribution in [0.1, 0.15) is 36.6 Å². The second kappa shape index (κ2) is 7.15. The van der Waals surface area contributed by atoms with Gasteiger partial charge in [0.1, 0.15) is 5.75 Å². The fraction of sp³-hybridized carbons (Fsp3) is 0.333. The Morgan fingerprint density at radius 2 is 1.70 bits per heavy atom. The average molecular weight is 333 g/mol. The number of aryl methyl sites for hydroxylation is 2. The minimum atomic E-state index is -3.57. The van der Waals surface area contributed by atoms with Crippen molar-refractivity contribution in [3.63, 3.8) is 0 Å². The summed E-state index contributed by atoms with van der Waals surface area (Å²) in [6, 6.07) is 12.1. The van der Waals surface area contributed by atoms with E-state index in [4.69, 9.17) is 4.74 Å². The summed E-state index contributed by atoms with van der Waals surface area (Å²) in [5.74, 6) is 0.661. The maximum atomic E-state index is 12.5. The molecule has 0 bridgehead atoms. The first-order valence-electron chi connectivity index (χ1n) is 7.66. The molecular weight excluding hydrogens is 310 g/mol. The summed E-state index contributed by atoms with van der Waals surface area (Å²) in [4.78, 5) is 0.233. The third-order valence-electron chi connectivity index (χ3n) is 3.81. The predicted molar refractivity (Wildman–Crippen MR) is 92.3 cm³/mol. The van der Waals surface area contributed by atoms with Gasteiger partial charge in [-0.1, -0.05) is 18.2 Å². The molecular formula is C18H23NO3S. The summed E-state index contributed by atoms with van der Waals surface area (Å²) in [5.41, 5.74) is 3.28. The van der Waals surface area contributed by atoms with Crippen molar-refractivity contribution in [1.29, 1.82) is 0 Å². The SMILES string of the molecule is CCOc1ccc(S(=O)(=O)N[C@H](C)c2ccc(C)c(C)c2)cc1. The Balaban J connectivity index is 2.17. The lowest BCUT2D eigenvalue weighted by Gasteiger charge is -2.16. The first kappa shape index (κ1) is 17.5. The highest BCUT2D eigenvalue weighted by Gasteiger charge is 2.18. The number of hydrogen-bond donors (Lipinski definition) is 1. The topological polar surface area (TPSA) is 55.4 Å². The Morgan fingerprint density at radius 1 is 1.04 bits per heavy atom.